The summed E-state index contributed by atoms with van der Waals surface area (Å²) in [6.45, 7) is 0. The average Bonchev–Trinajstić information content (AvgIpc) is 2.61. The van der Waals surface area contributed by atoms with Crippen molar-refractivity contribution in [2.75, 3.05) is 5.43 Å². The van der Waals surface area contributed by atoms with Gasteiger partial charge >= 0.3 is 0 Å². The summed E-state index contributed by atoms with van der Waals surface area (Å²) in [5, 5.41) is 3.44. The van der Waals surface area contributed by atoms with Crippen LogP contribution in [0.3, 0.4) is 0 Å². The van der Waals surface area contributed by atoms with Crippen molar-refractivity contribution in [3.63, 3.8) is 0 Å². The first-order chi connectivity index (χ1) is 11.5. The fraction of sp³-hybridized carbons (Fsp3) is 0. The Morgan fingerprint density at radius 1 is 0.833 bits per heavy atom. The molecule has 0 fully saturated rings. The van der Waals surface area contributed by atoms with Crippen molar-refractivity contribution in [2.24, 2.45) is 5.10 Å². The molecule has 0 saturated carbocycles. The van der Waals surface area contributed by atoms with Gasteiger partial charge in [-0.2, -0.15) is 5.10 Å². The van der Waals surface area contributed by atoms with Gasteiger partial charge in [0.25, 0.3) is 0 Å². The molecule has 3 rings (SSSR count). The predicted molar refractivity (Wildman–Crippen MR) is 77.0 cm³/mol. The largest absolute Gasteiger partial charge is 0.272 e. The zero-order valence-electron chi connectivity index (χ0n) is 11.7. The van der Waals surface area contributed by atoms with Crippen molar-refractivity contribution >= 4 is 22.9 Å². The number of rotatable bonds is 3. The number of hydrazone groups is 1. The summed E-state index contributed by atoms with van der Waals surface area (Å²) in [6.07, 6.45) is 2.38. The van der Waals surface area contributed by atoms with Crippen LogP contribution in [0.1, 0.15) is 5.69 Å². The summed E-state index contributed by atoms with van der Waals surface area (Å²) >= 11 is 0. The van der Waals surface area contributed by atoms with Gasteiger partial charge in [-0.15, -0.1) is 0 Å². The van der Waals surface area contributed by atoms with Crippen LogP contribution >= 0.6 is 0 Å². The zero-order valence-corrected chi connectivity index (χ0v) is 11.7. The highest BCUT2D eigenvalue weighted by Crippen LogP contribution is 2.26. The number of benzene rings is 2. The fourth-order valence-corrected chi connectivity index (χ4v) is 1.90. The van der Waals surface area contributed by atoms with Gasteiger partial charge in [0.1, 0.15) is 11.4 Å². The maximum Gasteiger partial charge on any atom is 0.200 e. The van der Waals surface area contributed by atoms with Gasteiger partial charge < -0.3 is 0 Å². The molecule has 0 unspecified atom stereocenters. The van der Waals surface area contributed by atoms with Crippen LogP contribution in [-0.4, -0.2) is 16.2 Å². The Morgan fingerprint density at radius 2 is 1.42 bits per heavy atom. The van der Waals surface area contributed by atoms with Crippen LogP contribution in [0.25, 0.3) is 11.0 Å². The molecule has 0 aliphatic heterocycles. The Morgan fingerprint density at radius 3 is 2.08 bits per heavy atom. The van der Waals surface area contributed by atoms with E-state index in [1.165, 1.54) is 6.20 Å². The second-order valence-corrected chi connectivity index (χ2v) is 4.60. The number of fused-ring (bicyclic) bond motifs is 1. The summed E-state index contributed by atoms with van der Waals surface area (Å²) in [6, 6.07) is 6.94. The standard InChI is InChI=1S/C15H7F5N4/c16-10-11(17)13(19)15(14(20)12(10)18)24-22-6-7-5-21-8-3-1-2-4-9(8)23-7/h1-6,24H/b22-6-. The van der Waals surface area contributed by atoms with Crippen molar-refractivity contribution in [3.8, 4) is 0 Å². The van der Waals surface area contributed by atoms with Crippen molar-refractivity contribution in [1.29, 1.82) is 0 Å². The van der Waals surface area contributed by atoms with Crippen molar-refractivity contribution in [2.45, 2.75) is 0 Å². The van der Waals surface area contributed by atoms with E-state index >= 15 is 0 Å². The number of nitrogens with zero attached hydrogens (tertiary/aromatic N) is 3. The van der Waals surface area contributed by atoms with E-state index in [1.54, 1.807) is 29.7 Å². The number of hydrogen-bond acceptors (Lipinski definition) is 4. The van der Waals surface area contributed by atoms with Gasteiger partial charge in [-0.1, -0.05) is 12.1 Å². The highest BCUT2D eigenvalue weighted by molar-refractivity contribution is 5.82. The number of hydrogen-bond donors (Lipinski definition) is 1. The summed E-state index contributed by atoms with van der Waals surface area (Å²) in [7, 11) is 0. The maximum atomic E-state index is 13.5. The van der Waals surface area contributed by atoms with Crippen molar-refractivity contribution in [1.82, 2.24) is 9.97 Å². The van der Waals surface area contributed by atoms with Crippen molar-refractivity contribution in [3.05, 3.63) is 65.2 Å². The Labute approximate surface area is 131 Å². The Hall–Kier alpha value is -3.10. The van der Waals surface area contributed by atoms with E-state index in [0.29, 0.717) is 11.0 Å². The molecule has 4 nitrogen and oxygen atoms in total. The normalized spacial score (nSPS) is 11.4. The summed E-state index contributed by atoms with van der Waals surface area (Å²) < 4.78 is 65.9. The predicted octanol–water partition coefficient (Wildman–Crippen LogP) is 3.77. The molecule has 24 heavy (non-hydrogen) atoms. The minimum Gasteiger partial charge on any atom is -0.272 e. The average molecular weight is 338 g/mol. The molecule has 2 aromatic carbocycles. The Balaban J connectivity index is 1.88. The summed E-state index contributed by atoms with van der Waals surface area (Å²) in [5.74, 6) is -10.4. The molecule has 0 spiro atoms. The summed E-state index contributed by atoms with van der Waals surface area (Å²) in [5.41, 5.74) is 1.95. The van der Waals surface area contributed by atoms with Crippen LogP contribution in [0.5, 0.6) is 0 Å². The van der Waals surface area contributed by atoms with Gasteiger partial charge in [0.2, 0.25) is 5.82 Å². The summed E-state index contributed by atoms with van der Waals surface area (Å²) in [4.78, 5) is 8.24. The minimum absolute atomic E-state index is 0.227. The van der Waals surface area contributed by atoms with E-state index < -0.39 is 34.8 Å². The van der Waals surface area contributed by atoms with E-state index in [0.717, 1.165) is 6.21 Å². The smallest absolute Gasteiger partial charge is 0.200 e. The van der Waals surface area contributed by atoms with Crippen LogP contribution in [0, 0.1) is 29.1 Å². The molecule has 3 aromatic rings. The first-order valence-corrected chi connectivity index (χ1v) is 6.51. The third-order valence-corrected chi connectivity index (χ3v) is 3.05. The van der Waals surface area contributed by atoms with Crippen LogP contribution in [-0.2, 0) is 0 Å². The van der Waals surface area contributed by atoms with E-state index in [4.69, 9.17) is 0 Å². The SMILES string of the molecule is Fc1c(F)c(F)c(N/N=C\c2cnc3ccccc3n2)c(F)c1F. The molecule has 122 valence electrons. The quantitative estimate of drug-likeness (QED) is 0.260. The fourth-order valence-electron chi connectivity index (χ4n) is 1.90. The van der Waals surface area contributed by atoms with E-state index in [1.807, 2.05) is 0 Å². The first-order valence-electron chi connectivity index (χ1n) is 6.51. The van der Waals surface area contributed by atoms with Gasteiger partial charge in [0.15, 0.2) is 23.3 Å². The monoisotopic (exact) mass is 338 g/mol. The van der Waals surface area contributed by atoms with Gasteiger partial charge in [-0.25, -0.2) is 26.9 Å². The third kappa shape index (κ3) is 2.75. The molecule has 0 aliphatic carbocycles. The molecule has 1 heterocycles. The van der Waals surface area contributed by atoms with E-state index in [2.05, 4.69) is 15.1 Å². The number of aromatic nitrogens is 2. The number of halogens is 5. The third-order valence-electron chi connectivity index (χ3n) is 3.05. The van der Waals surface area contributed by atoms with Gasteiger partial charge in [-0.3, -0.25) is 10.4 Å². The number of anilines is 1. The van der Waals surface area contributed by atoms with E-state index in [9.17, 15) is 22.0 Å². The lowest BCUT2D eigenvalue weighted by molar-refractivity contribution is 0.381. The molecule has 0 aliphatic rings. The maximum absolute atomic E-state index is 13.5. The van der Waals surface area contributed by atoms with Crippen molar-refractivity contribution < 1.29 is 22.0 Å². The molecule has 1 aromatic heterocycles. The molecule has 0 atom stereocenters. The minimum atomic E-state index is -2.24. The molecular weight excluding hydrogens is 331 g/mol. The first kappa shape index (κ1) is 15.8. The van der Waals surface area contributed by atoms with Crippen LogP contribution in [0.15, 0.2) is 35.6 Å². The number of para-hydroxylation sites is 2. The topological polar surface area (TPSA) is 50.2 Å². The number of nitrogens with one attached hydrogen (secondary N) is 1. The highest BCUT2D eigenvalue weighted by atomic mass is 19.2. The second kappa shape index (κ2) is 6.19. The second-order valence-electron chi connectivity index (χ2n) is 4.60. The van der Waals surface area contributed by atoms with Crippen LogP contribution in [0.2, 0.25) is 0 Å². The van der Waals surface area contributed by atoms with E-state index in [-0.39, 0.29) is 5.69 Å². The van der Waals surface area contributed by atoms with Gasteiger partial charge in [0.05, 0.1) is 23.4 Å². The highest BCUT2D eigenvalue weighted by Gasteiger charge is 2.25. The van der Waals surface area contributed by atoms with Crippen LogP contribution < -0.4 is 5.43 Å². The lowest BCUT2D eigenvalue weighted by atomic mass is 10.2. The molecule has 0 saturated heterocycles. The molecule has 0 amide bonds. The van der Waals surface area contributed by atoms with Gasteiger partial charge in [-0.05, 0) is 12.1 Å². The molecular formula is C15H7F5N4. The zero-order chi connectivity index (χ0) is 17.3. The van der Waals surface area contributed by atoms with Crippen LogP contribution in [0.4, 0.5) is 27.6 Å². The lowest BCUT2D eigenvalue weighted by Gasteiger charge is -2.06. The Bertz CT molecular complexity index is 929. The molecule has 0 radical (unpaired) electrons. The molecule has 9 heteroatoms. The van der Waals surface area contributed by atoms with Gasteiger partial charge in [0, 0.05) is 0 Å². The lowest BCUT2D eigenvalue weighted by Crippen LogP contribution is -2.06. The Kier molecular flexibility index (Phi) is 4.07. The molecule has 0 bridgehead atoms. The molecule has 1 N–H and O–H groups in total.